The number of primary amides is 1. The maximum absolute atomic E-state index is 13.1. The van der Waals surface area contributed by atoms with E-state index < -0.39 is 30.7 Å². The number of benzene rings is 1. The average molecular weight is 544 g/mol. The lowest BCUT2D eigenvalue weighted by atomic mass is 9.96. The van der Waals surface area contributed by atoms with Crippen LogP contribution in [0.3, 0.4) is 0 Å². The minimum Gasteiger partial charge on any atom is -0.384 e. The summed E-state index contributed by atoms with van der Waals surface area (Å²) in [6, 6.07) is 8.39. The Kier molecular flexibility index (Phi) is 7.51. The number of alkyl halides is 3. The average Bonchev–Trinajstić information content (AvgIpc) is 3.69. The van der Waals surface area contributed by atoms with Crippen molar-refractivity contribution < 1.29 is 27.6 Å². The van der Waals surface area contributed by atoms with Gasteiger partial charge in [0.25, 0.3) is 11.8 Å². The Balaban J connectivity index is 1.20. The number of pyridine rings is 1. The molecule has 1 aromatic carbocycles. The first kappa shape index (κ1) is 27.0. The summed E-state index contributed by atoms with van der Waals surface area (Å²) >= 11 is 0. The van der Waals surface area contributed by atoms with Crippen molar-refractivity contribution in [1.82, 2.24) is 10.3 Å². The number of aromatic nitrogens is 1. The number of carbonyl (C=O) groups excluding carboxylic acids is 3. The molecule has 2 amide bonds. The highest BCUT2D eigenvalue weighted by Gasteiger charge is 2.42. The van der Waals surface area contributed by atoms with Gasteiger partial charge in [0.05, 0.1) is 12.0 Å². The van der Waals surface area contributed by atoms with Crippen molar-refractivity contribution >= 4 is 29.1 Å². The number of piperidine rings is 1. The minimum atomic E-state index is -4.37. The third kappa shape index (κ3) is 6.51. The molecule has 2 bridgehead atoms. The zero-order chi connectivity index (χ0) is 27.7. The number of hydrogen-bond acceptors (Lipinski definition) is 6. The molecule has 39 heavy (non-hydrogen) atoms. The van der Waals surface area contributed by atoms with Crippen LogP contribution in [0.2, 0.25) is 0 Å². The highest BCUT2D eigenvalue weighted by Crippen LogP contribution is 2.39. The number of rotatable bonds is 10. The van der Waals surface area contributed by atoms with E-state index in [1.807, 2.05) is 0 Å². The number of anilines is 2. The summed E-state index contributed by atoms with van der Waals surface area (Å²) in [5.74, 6) is -0.0577. The van der Waals surface area contributed by atoms with Gasteiger partial charge < -0.3 is 21.3 Å². The van der Waals surface area contributed by atoms with Crippen molar-refractivity contribution in [1.29, 1.82) is 0 Å². The molecule has 1 aromatic heterocycles. The fourth-order valence-corrected chi connectivity index (χ4v) is 5.66. The summed E-state index contributed by atoms with van der Waals surface area (Å²) in [5.41, 5.74) is 7.08. The molecule has 3 aliphatic rings. The first-order valence-electron chi connectivity index (χ1n) is 13.4. The van der Waals surface area contributed by atoms with Gasteiger partial charge in [0.15, 0.2) is 5.78 Å². The zero-order valence-electron chi connectivity index (χ0n) is 21.5. The van der Waals surface area contributed by atoms with Gasteiger partial charge in [0.1, 0.15) is 5.82 Å². The molecule has 3 fully saturated rings. The number of Topliss-reactive ketones (excluding diaryl/α,β-unsaturated/α-hetero) is 1. The fourth-order valence-electron chi connectivity index (χ4n) is 5.66. The number of hydrogen-bond donors (Lipinski definition) is 3. The smallest absolute Gasteiger partial charge is 0.384 e. The van der Waals surface area contributed by atoms with Gasteiger partial charge in [-0.1, -0.05) is 0 Å². The van der Waals surface area contributed by atoms with Crippen LogP contribution in [0.5, 0.6) is 0 Å². The maximum atomic E-state index is 13.1. The summed E-state index contributed by atoms with van der Waals surface area (Å²) < 4.78 is 37.3. The summed E-state index contributed by atoms with van der Waals surface area (Å²) in [5, 5.41) is 6.41. The van der Waals surface area contributed by atoms with E-state index in [-0.39, 0.29) is 29.6 Å². The lowest BCUT2D eigenvalue weighted by Gasteiger charge is -2.40. The third-order valence-electron chi connectivity index (χ3n) is 7.86. The molecule has 0 radical (unpaired) electrons. The molecule has 1 saturated carbocycles. The number of nitrogens with two attached hydrogens (primary N) is 1. The van der Waals surface area contributed by atoms with Crippen molar-refractivity contribution in [2.45, 2.75) is 75.7 Å². The predicted octanol–water partition coefficient (Wildman–Crippen LogP) is 4.46. The quantitative estimate of drug-likeness (QED) is 0.381. The maximum Gasteiger partial charge on any atom is 0.389 e. The first-order valence-corrected chi connectivity index (χ1v) is 13.4. The highest BCUT2D eigenvalue weighted by atomic mass is 19.4. The Bertz CT molecular complexity index is 1230. The number of nitrogens with zero attached hydrogens (tertiary/aromatic N) is 2. The fraction of sp³-hybridized carbons (Fsp3) is 0.500. The van der Waals surface area contributed by atoms with E-state index in [0.717, 1.165) is 45.1 Å². The molecular formula is C28H32F3N5O3. The lowest BCUT2D eigenvalue weighted by Crippen LogP contribution is -2.50. The number of ketones is 1. The van der Waals surface area contributed by atoms with E-state index in [4.69, 9.17) is 5.73 Å². The van der Waals surface area contributed by atoms with Crippen molar-refractivity contribution in [3.8, 4) is 0 Å². The molecule has 11 heteroatoms. The molecule has 3 heterocycles. The molecule has 2 atom stereocenters. The zero-order valence-corrected chi connectivity index (χ0v) is 21.5. The molecule has 2 aromatic rings. The summed E-state index contributed by atoms with van der Waals surface area (Å²) in [6.07, 6.45) is 0.871. The SMILES string of the molecule is NC(=O)c1ccc(C(=O)NC2CC3CCC(C2)N3c2ccc(C(=O)CCC(F)(F)F)cn2)cc1NCC1CC1. The summed E-state index contributed by atoms with van der Waals surface area (Å²) in [7, 11) is 0. The molecule has 2 aliphatic heterocycles. The van der Waals surface area contributed by atoms with Crippen molar-refractivity contribution in [2.24, 2.45) is 11.7 Å². The Hall–Kier alpha value is -3.63. The van der Waals surface area contributed by atoms with Crippen LogP contribution < -0.4 is 21.3 Å². The van der Waals surface area contributed by atoms with Gasteiger partial charge in [0, 0.05) is 54.1 Å². The van der Waals surface area contributed by atoms with Gasteiger partial charge in [-0.15, -0.1) is 0 Å². The van der Waals surface area contributed by atoms with Gasteiger partial charge in [-0.05, 0) is 74.8 Å². The van der Waals surface area contributed by atoms with Crippen LogP contribution in [0.15, 0.2) is 36.5 Å². The number of nitrogens with one attached hydrogen (secondary N) is 2. The van der Waals surface area contributed by atoms with Gasteiger partial charge >= 0.3 is 6.18 Å². The Morgan fingerprint density at radius 2 is 1.69 bits per heavy atom. The molecule has 4 N–H and O–H groups in total. The van der Waals surface area contributed by atoms with Crippen molar-refractivity contribution in [3.05, 3.63) is 53.2 Å². The molecule has 2 saturated heterocycles. The first-order chi connectivity index (χ1) is 18.6. The van der Waals surface area contributed by atoms with Crippen LogP contribution in [0.1, 0.15) is 82.4 Å². The third-order valence-corrected chi connectivity index (χ3v) is 7.86. The second-order valence-electron chi connectivity index (χ2n) is 10.8. The number of amides is 2. The summed E-state index contributed by atoms with van der Waals surface area (Å²) in [4.78, 5) is 43.7. The topological polar surface area (TPSA) is 117 Å². The number of halogens is 3. The van der Waals surface area contributed by atoms with Crippen molar-refractivity contribution in [3.63, 3.8) is 0 Å². The number of carbonyl (C=O) groups is 3. The Morgan fingerprint density at radius 1 is 1.00 bits per heavy atom. The van der Waals surface area contributed by atoms with Crippen LogP contribution in [0, 0.1) is 5.92 Å². The van der Waals surface area contributed by atoms with E-state index in [1.165, 1.54) is 6.20 Å². The normalized spacial score (nSPS) is 22.4. The van der Waals surface area contributed by atoms with Gasteiger partial charge in [-0.3, -0.25) is 14.4 Å². The molecule has 208 valence electrons. The van der Waals surface area contributed by atoms with E-state index in [0.29, 0.717) is 28.6 Å². The second-order valence-corrected chi connectivity index (χ2v) is 10.8. The van der Waals surface area contributed by atoms with E-state index in [1.54, 1.807) is 30.3 Å². The molecule has 1 aliphatic carbocycles. The second kappa shape index (κ2) is 10.9. The minimum absolute atomic E-state index is 0.0341. The van der Waals surface area contributed by atoms with Crippen molar-refractivity contribution in [2.75, 3.05) is 16.8 Å². The van der Waals surface area contributed by atoms with Crippen LogP contribution in [-0.4, -0.2) is 53.4 Å². The highest BCUT2D eigenvalue weighted by molar-refractivity contribution is 6.02. The van der Waals surface area contributed by atoms with Gasteiger partial charge in [-0.25, -0.2) is 4.98 Å². The lowest BCUT2D eigenvalue weighted by molar-refractivity contribution is -0.133. The van der Waals surface area contributed by atoms with Crippen LogP contribution >= 0.6 is 0 Å². The Morgan fingerprint density at radius 3 is 2.28 bits per heavy atom. The standard InChI is InChI=1S/C28H32F3N5O3/c29-28(30,31)10-9-24(37)18-4-8-25(34-15-18)36-20-5-6-21(36)13-19(12-20)35-27(39)17-3-7-22(26(32)38)23(11-17)33-14-16-1-2-16/h3-4,7-8,11,15-16,19-21,33H,1-2,5-6,9-10,12-14H2,(H2,32,38)(H,35,39). The van der Waals surface area contributed by atoms with Crippen LogP contribution in [0.25, 0.3) is 0 Å². The molecule has 5 rings (SSSR count). The molecule has 2 unspecified atom stereocenters. The molecule has 8 nitrogen and oxygen atoms in total. The van der Waals surface area contributed by atoms with E-state index in [9.17, 15) is 27.6 Å². The Labute approximate surface area is 224 Å². The van der Waals surface area contributed by atoms with E-state index >= 15 is 0 Å². The van der Waals surface area contributed by atoms with Crippen LogP contribution in [0.4, 0.5) is 24.7 Å². The number of fused-ring (bicyclic) bond motifs is 2. The van der Waals surface area contributed by atoms with Gasteiger partial charge in [-0.2, -0.15) is 13.2 Å². The molecule has 0 spiro atoms. The van der Waals surface area contributed by atoms with Crippen LogP contribution in [-0.2, 0) is 0 Å². The molecular weight excluding hydrogens is 511 g/mol. The monoisotopic (exact) mass is 543 g/mol. The van der Waals surface area contributed by atoms with Gasteiger partial charge in [0.2, 0.25) is 0 Å². The predicted molar refractivity (Wildman–Crippen MR) is 140 cm³/mol. The largest absolute Gasteiger partial charge is 0.389 e. The summed E-state index contributed by atoms with van der Waals surface area (Å²) in [6.45, 7) is 0.740. The van der Waals surface area contributed by atoms with E-state index in [2.05, 4.69) is 20.5 Å².